The third kappa shape index (κ3) is 2.07. The molecular weight excluding hydrogens is 246 g/mol. The van der Waals surface area contributed by atoms with Gasteiger partial charge in [0.2, 0.25) is 0 Å². The molecule has 1 amide bonds. The zero-order valence-corrected chi connectivity index (χ0v) is 10.6. The Hall–Kier alpha value is -2.31. The minimum atomic E-state index is -0.133. The number of likely N-dealkylation sites (tertiary alicyclic amines) is 1. The van der Waals surface area contributed by atoms with Gasteiger partial charge >= 0.3 is 0 Å². The first-order valence-electron chi connectivity index (χ1n) is 6.20. The standard InChI is InChI=1S/C12H15N5O2/c1-16-10(2-4-13-16)12(19)17-5-3-8(7-17)9-6-11(18)15-14-9/h2,4,6,8H,3,5,7H2,1H3,(H2,14,15,18). The Labute approximate surface area is 109 Å². The maximum Gasteiger partial charge on any atom is 0.272 e. The van der Waals surface area contributed by atoms with E-state index in [9.17, 15) is 9.59 Å². The molecule has 0 radical (unpaired) electrons. The normalized spacial score (nSPS) is 19.0. The van der Waals surface area contributed by atoms with E-state index < -0.39 is 0 Å². The molecule has 1 aliphatic rings. The van der Waals surface area contributed by atoms with Gasteiger partial charge in [0.05, 0.1) is 0 Å². The van der Waals surface area contributed by atoms with Crippen molar-refractivity contribution in [1.82, 2.24) is 24.9 Å². The maximum absolute atomic E-state index is 12.3. The number of nitrogens with one attached hydrogen (secondary N) is 2. The van der Waals surface area contributed by atoms with Crippen LogP contribution in [0.1, 0.15) is 28.5 Å². The fourth-order valence-electron chi connectivity index (χ4n) is 2.51. The Kier molecular flexibility index (Phi) is 2.73. The van der Waals surface area contributed by atoms with Gasteiger partial charge in [-0.3, -0.25) is 19.4 Å². The molecule has 0 spiro atoms. The van der Waals surface area contributed by atoms with Crippen LogP contribution in [0.15, 0.2) is 23.1 Å². The van der Waals surface area contributed by atoms with Crippen LogP contribution in [-0.2, 0) is 7.05 Å². The van der Waals surface area contributed by atoms with Crippen LogP contribution in [0.4, 0.5) is 0 Å². The van der Waals surface area contributed by atoms with Crippen molar-refractivity contribution >= 4 is 5.91 Å². The highest BCUT2D eigenvalue weighted by atomic mass is 16.2. The Balaban J connectivity index is 1.74. The predicted octanol–water partition coefficient (Wildman–Crippen LogP) is 0.0662. The van der Waals surface area contributed by atoms with E-state index in [1.54, 1.807) is 35.0 Å². The van der Waals surface area contributed by atoms with Gasteiger partial charge in [-0.25, -0.2) is 0 Å². The highest BCUT2D eigenvalue weighted by Crippen LogP contribution is 2.25. The summed E-state index contributed by atoms with van der Waals surface area (Å²) in [6.07, 6.45) is 2.47. The number of rotatable bonds is 2. The molecular formula is C12H15N5O2. The number of aromatic nitrogens is 4. The maximum atomic E-state index is 12.3. The van der Waals surface area contributed by atoms with Crippen molar-refractivity contribution in [2.45, 2.75) is 12.3 Å². The summed E-state index contributed by atoms with van der Waals surface area (Å²) in [4.78, 5) is 25.2. The van der Waals surface area contributed by atoms with Gasteiger partial charge in [-0.15, -0.1) is 0 Å². The van der Waals surface area contributed by atoms with Crippen molar-refractivity contribution in [2.24, 2.45) is 7.05 Å². The highest BCUT2D eigenvalue weighted by Gasteiger charge is 2.29. The van der Waals surface area contributed by atoms with Crippen molar-refractivity contribution < 1.29 is 4.79 Å². The van der Waals surface area contributed by atoms with Gasteiger partial charge in [0, 0.05) is 44.0 Å². The summed E-state index contributed by atoms with van der Waals surface area (Å²) in [7, 11) is 1.75. The molecule has 2 aromatic heterocycles. The van der Waals surface area contributed by atoms with Crippen molar-refractivity contribution in [3.63, 3.8) is 0 Å². The van der Waals surface area contributed by atoms with Crippen LogP contribution in [0, 0.1) is 0 Å². The number of aryl methyl sites for hydroxylation is 1. The lowest BCUT2D eigenvalue weighted by Gasteiger charge is -2.16. The molecule has 0 bridgehead atoms. The monoisotopic (exact) mass is 261 g/mol. The van der Waals surface area contributed by atoms with E-state index in [2.05, 4.69) is 15.3 Å². The average molecular weight is 261 g/mol. The molecule has 1 unspecified atom stereocenters. The van der Waals surface area contributed by atoms with E-state index >= 15 is 0 Å². The van der Waals surface area contributed by atoms with Crippen molar-refractivity contribution in [3.05, 3.63) is 40.1 Å². The second kappa shape index (κ2) is 4.42. The summed E-state index contributed by atoms with van der Waals surface area (Å²) in [5, 5.41) is 9.39. The molecule has 3 rings (SSSR count). The van der Waals surface area contributed by atoms with E-state index in [-0.39, 0.29) is 17.4 Å². The first kappa shape index (κ1) is 11.8. The second-order valence-electron chi connectivity index (χ2n) is 4.79. The first-order valence-corrected chi connectivity index (χ1v) is 6.20. The summed E-state index contributed by atoms with van der Waals surface area (Å²) in [6.45, 7) is 1.32. The molecule has 7 nitrogen and oxygen atoms in total. The van der Waals surface area contributed by atoms with Crippen LogP contribution >= 0.6 is 0 Å². The molecule has 0 aliphatic carbocycles. The van der Waals surface area contributed by atoms with Crippen LogP contribution < -0.4 is 5.56 Å². The van der Waals surface area contributed by atoms with Crippen LogP contribution in [-0.4, -0.2) is 43.9 Å². The van der Waals surface area contributed by atoms with E-state index in [1.807, 2.05) is 0 Å². The zero-order valence-electron chi connectivity index (χ0n) is 10.6. The van der Waals surface area contributed by atoms with Crippen LogP contribution in [0.5, 0.6) is 0 Å². The van der Waals surface area contributed by atoms with Gasteiger partial charge in [-0.1, -0.05) is 0 Å². The molecule has 0 saturated carbocycles. The zero-order chi connectivity index (χ0) is 13.4. The summed E-state index contributed by atoms with van der Waals surface area (Å²) in [5.41, 5.74) is 1.32. The Bertz CT molecular complexity index is 653. The van der Waals surface area contributed by atoms with Crippen LogP contribution in [0.25, 0.3) is 0 Å². The third-order valence-corrected chi connectivity index (χ3v) is 3.57. The molecule has 19 heavy (non-hydrogen) atoms. The summed E-state index contributed by atoms with van der Waals surface area (Å²) in [5.74, 6) is 0.177. The summed E-state index contributed by atoms with van der Waals surface area (Å²) < 4.78 is 1.58. The second-order valence-corrected chi connectivity index (χ2v) is 4.79. The fourth-order valence-corrected chi connectivity index (χ4v) is 2.51. The number of H-pyrrole nitrogens is 2. The molecule has 7 heteroatoms. The largest absolute Gasteiger partial charge is 0.337 e. The smallest absolute Gasteiger partial charge is 0.272 e. The topological polar surface area (TPSA) is 86.8 Å². The van der Waals surface area contributed by atoms with E-state index in [4.69, 9.17) is 0 Å². The molecule has 1 aliphatic heterocycles. The molecule has 1 saturated heterocycles. The van der Waals surface area contributed by atoms with Gasteiger partial charge in [-0.2, -0.15) is 5.10 Å². The van der Waals surface area contributed by atoms with Crippen molar-refractivity contribution in [2.75, 3.05) is 13.1 Å². The molecule has 1 fully saturated rings. The molecule has 1 atom stereocenters. The number of carbonyl (C=O) groups is 1. The Morgan fingerprint density at radius 3 is 2.95 bits per heavy atom. The van der Waals surface area contributed by atoms with E-state index in [0.29, 0.717) is 18.8 Å². The SMILES string of the molecule is Cn1nccc1C(=O)N1CCC(c2cc(=O)[nH][nH]2)C1. The number of amides is 1. The van der Waals surface area contributed by atoms with E-state index in [1.165, 1.54) is 0 Å². The van der Waals surface area contributed by atoms with Gasteiger partial charge < -0.3 is 10.00 Å². The number of hydrogen-bond acceptors (Lipinski definition) is 3. The van der Waals surface area contributed by atoms with E-state index in [0.717, 1.165) is 12.1 Å². The molecule has 0 aromatic carbocycles. The number of aromatic amines is 2. The number of nitrogens with zero attached hydrogens (tertiary/aromatic N) is 3. The van der Waals surface area contributed by atoms with Crippen LogP contribution in [0.2, 0.25) is 0 Å². The molecule has 2 N–H and O–H groups in total. The fraction of sp³-hybridized carbons (Fsp3) is 0.417. The molecule has 2 aromatic rings. The van der Waals surface area contributed by atoms with Crippen molar-refractivity contribution in [1.29, 1.82) is 0 Å². The lowest BCUT2D eigenvalue weighted by molar-refractivity contribution is 0.0780. The average Bonchev–Trinajstić information content (AvgIpc) is 3.07. The quantitative estimate of drug-likeness (QED) is 0.801. The van der Waals surface area contributed by atoms with Gasteiger partial charge in [-0.05, 0) is 12.5 Å². The predicted molar refractivity (Wildman–Crippen MR) is 67.9 cm³/mol. The summed E-state index contributed by atoms with van der Waals surface area (Å²) in [6, 6.07) is 3.27. The highest BCUT2D eigenvalue weighted by molar-refractivity contribution is 5.92. The van der Waals surface area contributed by atoms with Crippen molar-refractivity contribution in [3.8, 4) is 0 Å². The Morgan fingerprint density at radius 2 is 2.32 bits per heavy atom. The third-order valence-electron chi connectivity index (χ3n) is 3.57. The van der Waals surface area contributed by atoms with Gasteiger partial charge in [0.1, 0.15) is 5.69 Å². The number of hydrogen-bond donors (Lipinski definition) is 2. The lowest BCUT2D eigenvalue weighted by Crippen LogP contribution is -2.30. The minimum Gasteiger partial charge on any atom is -0.337 e. The number of carbonyl (C=O) groups excluding carboxylic acids is 1. The molecule has 100 valence electrons. The van der Waals surface area contributed by atoms with Gasteiger partial charge in [0.25, 0.3) is 11.5 Å². The Morgan fingerprint density at radius 1 is 1.47 bits per heavy atom. The van der Waals surface area contributed by atoms with Crippen LogP contribution in [0.3, 0.4) is 0 Å². The summed E-state index contributed by atoms with van der Waals surface area (Å²) >= 11 is 0. The first-order chi connectivity index (χ1) is 9.15. The molecule has 3 heterocycles. The lowest BCUT2D eigenvalue weighted by atomic mass is 10.1. The van der Waals surface area contributed by atoms with Gasteiger partial charge in [0.15, 0.2) is 0 Å². The minimum absolute atomic E-state index is 0.0135.